The number of carbonyl (C=O) groups excluding carboxylic acids is 1. The van der Waals surface area contributed by atoms with E-state index in [9.17, 15) is 9.18 Å². The molecular weight excluding hydrogens is 515 g/mol. The Balaban J connectivity index is 1.18. The lowest BCUT2D eigenvalue weighted by Crippen LogP contribution is -2.43. The van der Waals surface area contributed by atoms with Gasteiger partial charge in [-0.25, -0.2) is 9.37 Å². The summed E-state index contributed by atoms with van der Waals surface area (Å²) < 4.78 is 16.7. The number of rotatable bonds is 7. The van der Waals surface area contributed by atoms with Gasteiger partial charge in [-0.1, -0.05) is 30.3 Å². The number of para-hydroxylation sites is 1. The summed E-state index contributed by atoms with van der Waals surface area (Å²) >= 11 is 1.36. The number of carbonyl (C=O) groups is 1. The van der Waals surface area contributed by atoms with Crippen LogP contribution in [0.25, 0.3) is 21.7 Å². The summed E-state index contributed by atoms with van der Waals surface area (Å²) in [5.41, 5.74) is 11.2. The van der Waals surface area contributed by atoms with Crippen molar-refractivity contribution in [1.82, 2.24) is 25.0 Å². The van der Waals surface area contributed by atoms with Crippen LogP contribution in [-0.2, 0) is 6.54 Å². The van der Waals surface area contributed by atoms with Crippen molar-refractivity contribution in [3.63, 3.8) is 0 Å². The molecule has 1 saturated heterocycles. The lowest BCUT2D eigenvalue weighted by atomic mass is 10.0. The fourth-order valence-corrected chi connectivity index (χ4v) is 5.70. The van der Waals surface area contributed by atoms with Gasteiger partial charge in [-0.2, -0.15) is 10.2 Å². The van der Waals surface area contributed by atoms with Gasteiger partial charge in [0.1, 0.15) is 16.5 Å². The van der Waals surface area contributed by atoms with Gasteiger partial charge in [-0.05, 0) is 36.1 Å². The van der Waals surface area contributed by atoms with Crippen LogP contribution < -0.4 is 16.0 Å². The SMILES string of the molecule is N[C@@H]1CCCN(c2c(F)cccc2NC(=O)c2csc(-c3cnn(Cc4ccccc4-c4cn[nH]c4)c3)n2)C1. The first kappa shape index (κ1) is 25.0. The van der Waals surface area contributed by atoms with Crippen molar-refractivity contribution in [2.75, 3.05) is 23.3 Å². The van der Waals surface area contributed by atoms with Crippen LogP contribution in [0.3, 0.4) is 0 Å². The van der Waals surface area contributed by atoms with Crippen molar-refractivity contribution < 1.29 is 9.18 Å². The molecule has 1 atom stereocenters. The van der Waals surface area contributed by atoms with Gasteiger partial charge in [0.15, 0.2) is 0 Å². The van der Waals surface area contributed by atoms with Gasteiger partial charge in [-0.15, -0.1) is 11.3 Å². The molecule has 2 aromatic carbocycles. The van der Waals surface area contributed by atoms with Crippen LogP contribution in [0, 0.1) is 5.82 Å². The predicted octanol–water partition coefficient (Wildman–Crippen LogP) is 4.76. The first-order valence-electron chi connectivity index (χ1n) is 12.7. The van der Waals surface area contributed by atoms with Crippen LogP contribution >= 0.6 is 11.3 Å². The molecule has 6 rings (SSSR count). The molecule has 4 heterocycles. The number of hydrogen-bond donors (Lipinski definition) is 3. The number of anilines is 2. The smallest absolute Gasteiger partial charge is 0.275 e. The zero-order chi connectivity index (χ0) is 26.8. The van der Waals surface area contributed by atoms with E-state index in [0.717, 1.165) is 35.1 Å². The van der Waals surface area contributed by atoms with Crippen LogP contribution in [0.2, 0.25) is 0 Å². The van der Waals surface area contributed by atoms with Crippen molar-refractivity contribution in [1.29, 1.82) is 0 Å². The highest BCUT2D eigenvalue weighted by molar-refractivity contribution is 7.13. The number of nitrogens with two attached hydrogens (primary N) is 1. The molecule has 1 aliphatic rings. The second kappa shape index (κ2) is 10.8. The van der Waals surface area contributed by atoms with Crippen molar-refractivity contribution >= 4 is 28.6 Å². The van der Waals surface area contributed by atoms with E-state index < -0.39 is 5.91 Å². The zero-order valence-electron chi connectivity index (χ0n) is 21.0. The summed E-state index contributed by atoms with van der Waals surface area (Å²) in [5.74, 6) is -0.783. The standard InChI is InChI=1S/C28H27FN8OS/c29-23-8-3-9-24(26(23)36-10-4-6-21(30)16-36)34-27(38)25-17-39-28(35-25)20-13-33-37(15-20)14-18-5-1-2-7-22(18)19-11-31-32-12-19/h1-3,5,7-9,11-13,15,17,21H,4,6,10,14,16,30H2,(H,31,32)(H,34,38)/t21-/m1/s1. The number of H-pyrrole nitrogens is 1. The maximum atomic E-state index is 14.8. The fourth-order valence-electron chi connectivity index (χ4n) is 4.92. The van der Waals surface area contributed by atoms with Gasteiger partial charge < -0.3 is 16.0 Å². The fraction of sp³-hybridized carbons (Fsp3) is 0.214. The maximum absolute atomic E-state index is 14.8. The van der Waals surface area contributed by atoms with E-state index in [-0.39, 0.29) is 17.6 Å². The first-order valence-corrected chi connectivity index (χ1v) is 13.6. The van der Waals surface area contributed by atoms with E-state index in [1.807, 2.05) is 34.1 Å². The maximum Gasteiger partial charge on any atom is 0.275 e. The van der Waals surface area contributed by atoms with E-state index >= 15 is 0 Å². The Morgan fingerprint density at radius 3 is 2.92 bits per heavy atom. The number of amides is 1. The normalized spacial score (nSPS) is 15.4. The molecule has 11 heteroatoms. The number of hydrogen-bond acceptors (Lipinski definition) is 7. The Labute approximate surface area is 228 Å². The number of aromatic nitrogens is 5. The van der Waals surface area contributed by atoms with Gasteiger partial charge in [0.2, 0.25) is 0 Å². The van der Waals surface area contributed by atoms with Crippen LogP contribution in [0.1, 0.15) is 28.9 Å². The number of nitrogens with one attached hydrogen (secondary N) is 2. The number of thiazole rings is 1. The minimum absolute atomic E-state index is 0.0250. The highest BCUT2D eigenvalue weighted by Gasteiger charge is 2.24. The Hall–Kier alpha value is -4.35. The van der Waals surface area contributed by atoms with E-state index in [4.69, 9.17) is 5.73 Å². The molecule has 39 heavy (non-hydrogen) atoms. The average molecular weight is 543 g/mol. The predicted molar refractivity (Wildman–Crippen MR) is 150 cm³/mol. The van der Waals surface area contributed by atoms with Crippen LogP contribution in [0.5, 0.6) is 0 Å². The van der Waals surface area contributed by atoms with Gasteiger partial charge >= 0.3 is 0 Å². The van der Waals surface area contributed by atoms with Gasteiger partial charge in [0, 0.05) is 48.0 Å². The minimum Gasteiger partial charge on any atom is -0.366 e. The number of aromatic amines is 1. The zero-order valence-corrected chi connectivity index (χ0v) is 21.9. The second-order valence-corrected chi connectivity index (χ2v) is 10.4. The Morgan fingerprint density at radius 2 is 2.08 bits per heavy atom. The lowest BCUT2D eigenvalue weighted by molar-refractivity contribution is 0.102. The summed E-state index contributed by atoms with van der Waals surface area (Å²) in [6.45, 7) is 1.80. The van der Waals surface area contributed by atoms with E-state index in [1.54, 1.807) is 29.9 Å². The molecule has 1 aliphatic heterocycles. The van der Waals surface area contributed by atoms with Crippen molar-refractivity contribution in [2.24, 2.45) is 5.73 Å². The van der Waals surface area contributed by atoms with Crippen molar-refractivity contribution in [3.8, 4) is 21.7 Å². The Kier molecular flexibility index (Phi) is 6.91. The molecule has 9 nitrogen and oxygen atoms in total. The second-order valence-electron chi connectivity index (χ2n) is 9.55. The third kappa shape index (κ3) is 5.31. The van der Waals surface area contributed by atoms with Crippen LogP contribution in [0.15, 0.2) is 72.6 Å². The molecule has 0 saturated carbocycles. The van der Waals surface area contributed by atoms with Crippen LogP contribution in [-0.4, -0.2) is 50.0 Å². The number of nitrogens with zero attached hydrogens (tertiary/aromatic N) is 5. The summed E-state index contributed by atoms with van der Waals surface area (Å²) in [6.07, 6.45) is 9.10. The topological polar surface area (TPSA) is 118 Å². The molecule has 0 unspecified atom stereocenters. The molecule has 5 aromatic rings. The third-order valence-corrected chi connectivity index (χ3v) is 7.68. The highest BCUT2D eigenvalue weighted by Crippen LogP contribution is 2.32. The molecule has 0 aliphatic carbocycles. The van der Waals surface area contributed by atoms with Crippen LogP contribution in [0.4, 0.5) is 15.8 Å². The largest absolute Gasteiger partial charge is 0.366 e. The Morgan fingerprint density at radius 1 is 1.18 bits per heavy atom. The first-order chi connectivity index (χ1) is 19.0. The van der Waals surface area contributed by atoms with Crippen molar-refractivity contribution in [2.45, 2.75) is 25.4 Å². The molecule has 0 spiro atoms. The molecule has 1 amide bonds. The quantitative estimate of drug-likeness (QED) is 0.273. The molecule has 4 N–H and O–H groups in total. The summed E-state index contributed by atoms with van der Waals surface area (Å²) in [7, 11) is 0. The van der Waals surface area contributed by atoms with E-state index in [2.05, 4.69) is 37.7 Å². The molecule has 3 aromatic heterocycles. The minimum atomic E-state index is -0.396. The average Bonchev–Trinajstić information content (AvgIpc) is 3.71. The number of halogens is 1. The summed E-state index contributed by atoms with van der Waals surface area (Å²) in [6, 6.07) is 12.8. The summed E-state index contributed by atoms with van der Waals surface area (Å²) in [4.78, 5) is 19.6. The molecule has 0 bridgehead atoms. The highest BCUT2D eigenvalue weighted by atomic mass is 32.1. The van der Waals surface area contributed by atoms with Gasteiger partial charge in [0.25, 0.3) is 5.91 Å². The van der Waals surface area contributed by atoms with Gasteiger partial charge in [0.05, 0.1) is 30.3 Å². The molecule has 0 radical (unpaired) electrons. The van der Waals surface area contributed by atoms with Crippen molar-refractivity contribution in [3.05, 3.63) is 89.7 Å². The monoisotopic (exact) mass is 542 g/mol. The van der Waals surface area contributed by atoms with E-state index in [1.165, 1.54) is 17.4 Å². The lowest BCUT2D eigenvalue weighted by Gasteiger charge is -2.34. The summed E-state index contributed by atoms with van der Waals surface area (Å²) in [5, 5.41) is 16.7. The third-order valence-electron chi connectivity index (χ3n) is 6.79. The van der Waals surface area contributed by atoms with Gasteiger partial charge in [-0.3, -0.25) is 14.6 Å². The molecular formula is C28H27FN8OS. The Bertz CT molecular complexity index is 1590. The van der Waals surface area contributed by atoms with E-state index in [0.29, 0.717) is 36.0 Å². The number of benzene rings is 2. The number of piperidine rings is 1. The molecule has 198 valence electrons. The molecule has 1 fully saturated rings.